The zero-order chi connectivity index (χ0) is 19.0. The Morgan fingerprint density at radius 2 is 1.93 bits per heavy atom. The van der Waals surface area contributed by atoms with Gasteiger partial charge in [0.05, 0.1) is 23.0 Å². The smallest absolute Gasteiger partial charge is 0.279 e. The number of imidazole rings is 1. The summed E-state index contributed by atoms with van der Waals surface area (Å²) in [6, 6.07) is 12.9. The van der Waals surface area contributed by atoms with Crippen LogP contribution >= 0.6 is 15.9 Å². The Kier molecular flexibility index (Phi) is 4.21. The molecule has 0 aliphatic rings. The molecule has 0 unspecified atom stereocenters. The van der Waals surface area contributed by atoms with Crippen LogP contribution in [0.5, 0.6) is 5.75 Å². The van der Waals surface area contributed by atoms with Gasteiger partial charge >= 0.3 is 0 Å². The van der Waals surface area contributed by atoms with E-state index in [1.807, 2.05) is 0 Å². The molecule has 134 valence electrons. The Morgan fingerprint density at radius 1 is 1.15 bits per heavy atom. The molecule has 0 saturated carbocycles. The number of carbonyl (C=O) groups excluding carboxylic acids is 1. The molecule has 2 aromatic heterocycles. The van der Waals surface area contributed by atoms with Gasteiger partial charge in [0.1, 0.15) is 0 Å². The van der Waals surface area contributed by atoms with E-state index in [-0.39, 0.29) is 5.69 Å². The summed E-state index contributed by atoms with van der Waals surface area (Å²) in [5, 5.41) is 16.7. The van der Waals surface area contributed by atoms with Gasteiger partial charge in [-0.15, -0.1) is 0 Å². The lowest BCUT2D eigenvalue weighted by molar-refractivity contribution is 0.101. The lowest BCUT2D eigenvalue weighted by atomic mass is 10.2. The third-order valence-electron chi connectivity index (χ3n) is 3.88. The topological polar surface area (TPSA) is 113 Å². The summed E-state index contributed by atoms with van der Waals surface area (Å²) in [4.78, 5) is 31.8. The molecule has 4 rings (SSSR count). The molecule has 1 amide bonds. The first-order chi connectivity index (χ1) is 13.0. The fourth-order valence-electron chi connectivity index (χ4n) is 2.58. The minimum atomic E-state index is -0.641. The van der Waals surface area contributed by atoms with E-state index >= 15 is 0 Å². The van der Waals surface area contributed by atoms with Crippen LogP contribution in [0.3, 0.4) is 0 Å². The molecule has 2 heterocycles. The second-order valence-corrected chi connectivity index (χ2v) is 6.61. The Bertz CT molecular complexity index is 1210. The van der Waals surface area contributed by atoms with Crippen molar-refractivity contribution >= 4 is 38.6 Å². The quantitative estimate of drug-likeness (QED) is 0.467. The van der Waals surface area contributed by atoms with Gasteiger partial charge in [-0.25, -0.2) is 4.98 Å². The first-order valence-electron chi connectivity index (χ1n) is 7.85. The fraction of sp³-hybridized carbons (Fsp3) is 0. The molecule has 27 heavy (non-hydrogen) atoms. The SMILES string of the molecule is O=C(Nc1ccc2nc[nH]c2c1)c1nn(-c2ccc(Br)cc2)c(=O)cc1O. The molecule has 0 atom stereocenters. The van der Waals surface area contributed by atoms with Gasteiger partial charge in [-0.05, 0) is 42.5 Å². The average Bonchev–Trinajstić information content (AvgIpc) is 3.10. The first kappa shape index (κ1) is 17.0. The van der Waals surface area contributed by atoms with Crippen molar-refractivity contribution < 1.29 is 9.90 Å². The lowest BCUT2D eigenvalue weighted by Gasteiger charge is -2.09. The van der Waals surface area contributed by atoms with Gasteiger partial charge in [0, 0.05) is 16.2 Å². The molecule has 9 heteroatoms. The van der Waals surface area contributed by atoms with Crippen LogP contribution in [-0.2, 0) is 0 Å². The van der Waals surface area contributed by atoms with E-state index in [4.69, 9.17) is 0 Å². The van der Waals surface area contributed by atoms with Gasteiger partial charge in [0.15, 0.2) is 11.4 Å². The van der Waals surface area contributed by atoms with Gasteiger partial charge in [-0.3, -0.25) is 9.59 Å². The van der Waals surface area contributed by atoms with Crippen LogP contribution in [0.1, 0.15) is 10.5 Å². The Hall–Kier alpha value is -3.46. The molecular weight excluding hydrogens is 414 g/mol. The van der Waals surface area contributed by atoms with E-state index < -0.39 is 17.2 Å². The largest absolute Gasteiger partial charge is 0.505 e. The van der Waals surface area contributed by atoms with Crippen LogP contribution in [0.15, 0.2) is 64.1 Å². The van der Waals surface area contributed by atoms with E-state index in [0.717, 1.165) is 26.3 Å². The predicted molar refractivity (Wildman–Crippen MR) is 103 cm³/mol. The number of amides is 1. The van der Waals surface area contributed by atoms with E-state index in [0.29, 0.717) is 11.4 Å². The van der Waals surface area contributed by atoms with Gasteiger partial charge < -0.3 is 15.4 Å². The number of hydrogen-bond donors (Lipinski definition) is 3. The van der Waals surface area contributed by atoms with Crippen molar-refractivity contribution in [2.45, 2.75) is 0 Å². The zero-order valence-corrected chi connectivity index (χ0v) is 15.3. The van der Waals surface area contributed by atoms with Crippen molar-refractivity contribution in [3.8, 4) is 11.4 Å². The van der Waals surface area contributed by atoms with Crippen molar-refractivity contribution in [2.75, 3.05) is 5.32 Å². The molecule has 0 radical (unpaired) electrons. The molecule has 0 aliphatic carbocycles. The summed E-state index contributed by atoms with van der Waals surface area (Å²) in [5.41, 5.74) is 1.67. The molecule has 0 spiro atoms. The van der Waals surface area contributed by atoms with Crippen molar-refractivity contribution in [1.29, 1.82) is 0 Å². The summed E-state index contributed by atoms with van der Waals surface area (Å²) in [7, 11) is 0. The van der Waals surface area contributed by atoms with Gasteiger partial charge in [-0.1, -0.05) is 15.9 Å². The normalized spacial score (nSPS) is 10.9. The maximum absolute atomic E-state index is 12.6. The number of anilines is 1. The van der Waals surface area contributed by atoms with E-state index in [2.05, 4.69) is 36.3 Å². The van der Waals surface area contributed by atoms with Crippen molar-refractivity contribution in [2.24, 2.45) is 0 Å². The van der Waals surface area contributed by atoms with Gasteiger partial charge in [0.2, 0.25) is 0 Å². The van der Waals surface area contributed by atoms with E-state index in [9.17, 15) is 14.7 Å². The number of H-pyrrole nitrogens is 1. The van der Waals surface area contributed by atoms with Crippen LogP contribution in [0.25, 0.3) is 16.7 Å². The minimum absolute atomic E-state index is 0.262. The maximum Gasteiger partial charge on any atom is 0.279 e. The highest BCUT2D eigenvalue weighted by molar-refractivity contribution is 9.10. The van der Waals surface area contributed by atoms with Gasteiger partial charge in [0.25, 0.3) is 11.5 Å². The molecule has 4 aromatic rings. The number of aromatic amines is 1. The first-order valence-corrected chi connectivity index (χ1v) is 8.64. The molecule has 0 fully saturated rings. The Balaban J connectivity index is 1.69. The Morgan fingerprint density at radius 3 is 2.70 bits per heavy atom. The lowest BCUT2D eigenvalue weighted by Crippen LogP contribution is -2.25. The maximum atomic E-state index is 12.6. The van der Waals surface area contributed by atoms with Crippen LogP contribution in [0.2, 0.25) is 0 Å². The minimum Gasteiger partial charge on any atom is -0.505 e. The second kappa shape index (κ2) is 6.69. The molecule has 0 aliphatic heterocycles. The van der Waals surface area contributed by atoms with Crippen molar-refractivity contribution in [3.63, 3.8) is 0 Å². The number of aromatic hydroxyl groups is 1. The van der Waals surface area contributed by atoms with Crippen LogP contribution in [0, 0.1) is 0 Å². The molecule has 0 saturated heterocycles. The molecule has 3 N–H and O–H groups in total. The fourth-order valence-corrected chi connectivity index (χ4v) is 2.84. The summed E-state index contributed by atoms with van der Waals surface area (Å²) >= 11 is 3.32. The highest BCUT2D eigenvalue weighted by atomic mass is 79.9. The third-order valence-corrected chi connectivity index (χ3v) is 4.40. The number of benzene rings is 2. The number of aromatic nitrogens is 4. The highest BCUT2D eigenvalue weighted by Crippen LogP contribution is 2.19. The summed E-state index contributed by atoms with van der Waals surface area (Å²) in [6.07, 6.45) is 1.55. The Labute approximate surface area is 160 Å². The highest BCUT2D eigenvalue weighted by Gasteiger charge is 2.17. The molecule has 0 bridgehead atoms. The third kappa shape index (κ3) is 3.32. The summed E-state index contributed by atoms with van der Waals surface area (Å²) < 4.78 is 1.89. The summed E-state index contributed by atoms with van der Waals surface area (Å²) in [5.74, 6) is -1.13. The van der Waals surface area contributed by atoms with E-state index in [1.54, 1.807) is 48.8 Å². The monoisotopic (exact) mass is 425 g/mol. The predicted octanol–water partition coefficient (Wildman–Crippen LogP) is 2.83. The van der Waals surface area contributed by atoms with Gasteiger partial charge in [-0.2, -0.15) is 9.78 Å². The second-order valence-electron chi connectivity index (χ2n) is 5.69. The standard InChI is InChI=1S/C18H12BrN5O3/c19-10-1-4-12(5-2-10)24-16(26)8-15(25)17(23-24)18(27)22-11-3-6-13-14(7-11)21-9-20-13/h1-9,25H,(H,20,21)(H,22,27). The molecule has 2 aromatic carbocycles. The number of nitrogens with one attached hydrogen (secondary N) is 2. The van der Waals surface area contributed by atoms with E-state index in [1.165, 1.54) is 0 Å². The number of nitrogens with zero attached hydrogens (tertiary/aromatic N) is 3. The number of halogens is 1. The number of hydrogen-bond acceptors (Lipinski definition) is 5. The van der Waals surface area contributed by atoms with Crippen LogP contribution in [0.4, 0.5) is 5.69 Å². The van der Waals surface area contributed by atoms with Crippen LogP contribution in [-0.4, -0.2) is 30.8 Å². The zero-order valence-electron chi connectivity index (χ0n) is 13.7. The average molecular weight is 426 g/mol. The van der Waals surface area contributed by atoms with Crippen LogP contribution < -0.4 is 10.9 Å². The number of rotatable bonds is 3. The van der Waals surface area contributed by atoms with Crippen molar-refractivity contribution in [1.82, 2.24) is 19.7 Å². The number of fused-ring (bicyclic) bond motifs is 1. The van der Waals surface area contributed by atoms with Crippen molar-refractivity contribution in [3.05, 3.63) is 75.4 Å². The summed E-state index contributed by atoms with van der Waals surface area (Å²) in [6.45, 7) is 0. The molecular formula is C18H12BrN5O3. The molecule has 8 nitrogen and oxygen atoms in total. The number of carbonyl (C=O) groups is 1.